The van der Waals surface area contributed by atoms with Gasteiger partial charge in [0.15, 0.2) is 17.0 Å². The topological polar surface area (TPSA) is 52.6 Å². The molecule has 3 rings (SSSR count). The largest absolute Gasteiger partial charge is 0.612 e. The van der Waals surface area contributed by atoms with Crippen molar-refractivity contribution in [2.24, 2.45) is 5.41 Å². The third-order valence-corrected chi connectivity index (χ3v) is 8.73. The summed E-state index contributed by atoms with van der Waals surface area (Å²) in [5.41, 5.74) is 1.05. The maximum Gasteiger partial charge on any atom is 0.197 e. The van der Waals surface area contributed by atoms with Crippen molar-refractivity contribution in [3.05, 3.63) is 64.1 Å². The number of anilines is 1. The van der Waals surface area contributed by atoms with Gasteiger partial charge in [-0.25, -0.2) is 0 Å². The predicted molar refractivity (Wildman–Crippen MR) is 123 cm³/mol. The zero-order valence-electron chi connectivity index (χ0n) is 17.6. The molecule has 7 heteroatoms. The number of halogens is 1. The van der Waals surface area contributed by atoms with Crippen LogP contribution in [0, 0.1) is 5.41 Å². The highest BCUT2D eigenvalue weighted by Crippen LogP contribution is 2.44. The van der Waals surface area contributed by atoms with E-state index in [9.17, 15) is 13.7 Å². The fourth-order valence-electron chi connectivity index (χ4n) is 4.04. The monoisotopic (exact) mass is 449 g/mol. The highest BCUT2D eigenvalue weighted by atomic mass is 32.2. The second-order valence-corrected chi connectivity index (χ2v) is 10.0. The van der Waals surface area contributed by atoms with Crippen LogP contribution in [0.15, 0.2) is 64.1 Å². The van der Waals surface area contributed by atoms with Gasteiger partial charge >= 0.3 is 0 Å². The molecule has 162 valence electrons. The van der Waals surface area contributed by atoms with Crippen LogP contribution in [0.3, 0.4) is 0 Å². The molecule has 1 aromatic rings. The second kappa shape index (κ2) is 10.1. The maximum absolute atomic E-state index is 13.5. The molecule has 0 radical (unpaired) electrons. The Bertz CT molecular complexity index is 849. The molecule has 0 amide bonds. The minimum atomic E-state index is -1.18. The van der Waals surface area contributed by atoms with Crippen molar-refractivity contribution in [3.8, 4) is 0 Å². The molecule has 2 unspecified atom stereocenters. The molecule has 2 aliphatic rings. The number of rotatable bonds is 7. The van der Waals surface area contributed by atoms with Crippen LogP contribution < -0.4 is 4.90 Å². The summed E-state index contributed by atoms with van der Waals surface area (Å²) in [7, 11) is 0. The minimum Gasteiger partial charge on any atom is -0.612 e. The van der Waals surface area contributed by atoms with Gasteiger partial charge in [-0.3, -0.25) is 4.79 Å². The van der Waals surface area contributed by atoms with Crippen LogP contribution in [-0.2, 0) is 20.7 Å². The standard InChI is InChI=1S/C23H28FNO3S2/c1-4-23(5-2)15-25(18-9-7-6-8-10-18)19-11-21(29-3)20(28-14-17(24)13-26)12-22(19)30(27)16-23/h6-10,12-14,19H,4-5,11,15-16H2,1-3H3/b17-14-. The summed E-state index contributed by atoms with van der Waals surface area (Å²) >= 11 is 0.351. The third kappa shape index (κ3) is 4.79. The molecule has 0 N–H and O–H groups in total. The summed E-state index contributed by atoms with van der Waals surface area (Å²) in [5, 5.41) is 0. The molecule has 1 aliphatic carbocycles. The first-order valence-corrected chi connectivity index (χ1v) is 12.7. The Morgan fingerprint density at radius 2 is 2.07 bits per heavy atom. The van der Waals surface area contributed by atoms with E-state index in [1.807, 2.05) is 24.5 Å². The summed E-state index contributed by atoms with van der Waals surface area (Å²) in [5.74, 6) is 0.0755. The third-order valence-electron chi connectivity index (χ3n) is 6.08. The minimum absolute atomic E-state index is 0.0526. The number of fused-ring (bicyclic) bond motifs is 1. The number of carbonyl (C=O) groups excluding carboxylic acids is 1. The van der Waals surface area contributed by atoms with Crippen LogP contribution in [0.2, 0.25) is 0 Å². The van der Waals surface area contributed by atoms with Crippen molar-refractivity contribution in [1.29, 1.82) is 0 Å². The van der Waals surface area contributed by atoms with Gasteiger partial charge in [-0.05, 0) is 42.4 Å². The van der Waals surface area contributed by atoms with Gasteiger partial charge < -0.3 is 14.2 Å². The molecule has 1 heterocycles. The summed E-state index contributed by atoms with van der Waals surface area (Å²) in [4.78, 5) is 14.7. The highest BCUT2D eigenvalue weighted by Gasteiger charge is 2.46. The van der Waals surface area contributed by atoms with Gasteiger partial charge in [0.25, 0.3) is 0 Å². The number of hydrogen-bond acceptors (Lipinski definition) is 5. The maximum atomic E-state index is 13.5. The Balaban J connectivity index is 2.07. The number of thioether (sulfide) groups is 1. The Kier molecular flexibility index (Phi) is 7.71. The summed E-state index contributed by atoms with van der Waals surface area (Å²) in [6.07, 6.45) is 7.17. The van der Waals surface area contributed by atoms with Crippen LogP contribution in [0.25, 0.3) is 0 Å². The van der Waals surface area contributed by atoms with Crippen molar-refractivity contribution < 1.29 is 18.5 Å². The number of carbonyl (C=O) groups is 1. The molecule has 0 saturated carbocycles. The number of nitrogens with zero attached hydrogens (tertiary/aromatic N) is 1. The SMILES string of the molecule is CCC1(CC)CN(c2ccccc2)C2CC(SC)=C(O/C=C(\F)C=O)C=C2[S+]([O-])C1. The van der Waals surface area contributed by atoms with Crippen molar-refractivity contribution >= 4 is 34.9 Å². The lowest BCUT2D eigenvalue weighted by atomic mass is 9.83. The van der Waals surface area contributed by atoms with Gasteiger partial charge in [0.05, 0.1) is 0 Å². The summed E-state index contributed by atoms with van der Waals surface area (Å²) in [6.45, 7) is 5.16. The lowest BCUT2D eigenvalue weighted by molar-refractivity contribution is -0.106. The quantitative estimate of drug-likeness (QED) is 0.244. The van der Waals surface area contributed by atoms with Crippen LogP contribution >= 0.6 is 11.8 Å². The molecule has 1 fully saturated rings. The van der Waals surface area contributed by atoms with Gasteiger partial charge in [0.1, 0.15) is 23.8 Å². The van der Waals surface area contributed by atoms with E-state index in [4.69, 9.17) is 4.74 Å². The Hall–Kier alpha value is -1.70. The Labute approximate surface area is 185 Å². The van der Waals surface area contributed by atoms with E-state index >= 15 is 0 Å². The van der Waals surface area contributed by atoms with Gasteiger partial charge in [-0.1, -0.05) is 32.0 Å². The van der Waals surface area contributed by atoms with Gasteiger partial charge in [-0.2, -0.15) is 4.39 Å². The first-order valence-electron chi connectivity index (χ1n) is 10.1. The second-order valence-electron chi connectivity index (χ2n) is 7.66. The van der Waals surface area contributed by atoms with E-state index in [0.717, 1.165) is 41.1 Å². The van der Waals surface area contributed by atoms with Crippen molar-refractivity contribution in [2.45, 2.75) is 39.2 Å². The fourth-order valence-corrected chi connectivity index (χ4v) is 6.65. The van der Waals surface area contributed by atoms with E-state index in [0.29, 0.717) is 17.9 Å². The Morgan fingerprint density at radius 1 is 1.37 bits per heavy atom. The molecule has 4 nitrogen and oxygen atoms in total. The van der Waals surface area contributed by atoms with E-state index in [1.165, 1.54) is 11.8 Å². The smallest absolute Gasteiger partial charge is 0.197 e. The molecule has 0 spiro atoms. The lowest BCUT2D eigenvalue weighted by Crippen LogP contribution is -2.43. The Morgan fingerprint density at radius 3 is 2.67 bits per heavy atom. The molecule has 1 aromatic carbocycles. The normalized spacial score (nSPS) is 24.1. The molecular formula is C23H28FNO3S2. The van der Waals surface area contributed by atoms with E-state index in [2.05, 4.69) is 30.9 Å². The summed E-state index contributed by atoms with van der Waals surface area (Å²) < 4.78 is 32.3. The lowest BCUT2D eigenvalue weighted by Gasteiger charge is -2.38. The van der Waals surface area contributed by atoms with Crippen LogP contribution in [0.4, 0.5) is 10.1 Å². The number of allylic oxidation sites excluding steroid dienone is 2. The van der Waals surface area contributed by atoms with E-state index in [1.54, 1.807) is 6.08 Å². The van der Waals surface area contributed by atoms with Gasteiger partial charge in [0.2, 0.25) is 0 Å². The van der Waals surface area contributed by atoms with Crippen molar-refractivity contribution in [1.82, 2.24) is 0 Å². The first-order chi connectivity index (χ1) is 14.5. The average Bonchev–Trinajstić information content (AvgIpc) is 2.91. The zero-order valence-corrected chi connectivity index (χ0v) is 19.2. The molecule has 1 saturated heterocycles. The first kappa shape index (κ1) is 23.0. The van der Waals surface area contributed by atoms with E-state index in [-0.39, 0.29) is 17.7 Å². The number of benzene rings is 1. The van der Waals surface area contributed by atoms with Gasteiger partial charge in [0, 0.05) is 35.0 Å². The van der Waals surface area contributed by atoms with E-state index < -0.39 is 17.0 Å². The van der Waals surface area contributed by atoms with Gasteiger partial charge in [-0.15, -0.1) is 11.8 Å². The zero-order chi connectivity index (χ0) is 21.7. The molecule has 1 aliphatic heterocycles. The highest BCUT2D eigenvalue weighted by molar-refractivity contribution is 8.02. The number of ether oxygens (including phenoxy) is 1. The molecule has 0 bridgehead atoms. The summed E-state index contributed by atoms with van der Waals surface area (Å²) in [6, 6.07) is 10.2. The number of para-hydroxylation sites is 1. The van der Waals surface area contributed by atoms with Crippen LogP contribution in [0.1, 0.15) is 33.1 Å². The molecule has 0 aromatic heterocycles. The molecule has 2 atom stereocenters. The molecule has 30 heavy (non-hydrogen) atoms. The predicted octanol–water partition coefficient (Wildman–Crippen LogP) is 5.32. The van der Waals surface area contributed by atoms with Crippen LogP contribution in [-0.4, -0.2) is 35.4 Å². The average molecular weight is 450 g/mol. The van der Waals surface area contributed by atoms with Crippen molar-refractivity contribution in [3.63, 3.8) is 0 Å². The van der Waals surface area contributed by atoms with Crippen molar-refractivity contribution in [2.75, 3.05) is 23.5 Å². The molecular weight excluding hydrogens is 421 g/mol. The number of hydrogen-bond donors (Lipinski definition) is 0. The fraction of sp³-hybridized carbons (Fsp3) is 0.435. The van der Waals surface area contributed by atoms with Crippen LogP contribution in [0.5, 0.6) is 0 Å². The number of aldehydes is 1.